The van der Waals surface area contributed by atoms with Gasteiger partial charge in [-0.15, -0.1) is 0 Å². The molecule has 0 spiro atoms. The van der Waals surface area contributed by atoms with Crippen LogP contribution >= 0.6 is 23.2 Å². The van der Waals surface area contributed by atoms with Crippen LogP contribution in [0.5, 0.6) is 0 Å². The summed E-state index contributed by atoms with van der Waals surface area (Å²) in [6.07, 6.45) is -0.212. The van der Waals surface area contributed by atoms with Crippen LogP contribution in [-0.4, -0.2) is 37.0 Å². The molecule has 5 heteroatoms. The van der Waals surface area contributed by atoms with Gasteiger partial charge < -0.3 is 9.64 Å². The van der Waals surface area contributed by atoms with Crippen LogP contribution in [0.15, 0.2) is 53.5 Å². The highest BCUT2D eigenvalue weighted by atomic mass is 35.5. The van der Waals surface area contributed by atoms with E-state index in [4.69, 9.17) is 27.9 Å². The molecule has 1 aliphatic rings. The van der Waals surface area contributed by atoms with Gasteiger partial charge in [0.05, 0.1) is 19.0 Å². The number of benzene rings is 2. The quantitative estimate of drug-likeness (QED) is 0.734. The maximum atomic E-state index is 6.41. The molecule has 0 radical (unpaired) electrons. The van der Waals surface area contributed by atoms with E-state index in [2.05, 4.69) is 22.0 Å². The molecule has 24 heavy (non-hydrogen) atoms. The van der Waals surface area contributed by atoms with Crippen molar-refractivity contribution < 1.29 is 4.74 Å². The van der Waals surface area contributed by atoms with Gasteiger partial charge >= 0.3 is 0 Å². The van der Waals surface area contributed by atoms with Crippen molar-refractivity contribution in [1.29, 1.82) is 0 Å². The molecule has 0 saturated heterocycles. The van der Waals surface area contributed by atoms with Gasteiger partial charge in [-0.25, -0.2) is 0 Å². The zero-order chi connectivity index (χ0) is 16.9. The molecular weight excluding hydrogens is 343 g/mol. The van der Waals surface area contributed by atoms with Crippen molar-refractivity contribution in [2.45, 2.75) is 13.0 Å². The Balaban J connectivity index is 1.76. The van der Waals surface area contributed by atoms with Gasteiger partial charge in [-0.3, -0.25) is 4.99 Å². The first-order valence-corrected chi connectivity index (χ1v) is 8.78. The maximum absolute atomic E-state index is 6.41. The van der Waals surface area contributed by atoms with Gasteiger partial charge in [0.2, 0.25) is 0 Å². The summed E-state index contributed by atoms with van der Waals surface area (Å²) in [5.41, 5.74) is 2.01. The van der Waals surface area contributed by atoms with Crippen molar-refractivity contribution in [2.24, 2.45) is 4.99 Å². The van der Waals surface area contributed by atoms with E-state index in [0.29, 0.717) is 16.7 Å². The van der Waals surface area contributed by atoms with Crippen molar-refractivity contribution in [1.82, 2.24) is 4.90 Å². The average molecular weight is 363 g/mol. The Morgan fingerprint density at radius 3 is 2.62 bits per heavy atom. The first-order chi connectivity index (χ1) is 11.6. The van der Waals surface area contributed by atoms with Gasteiger partial charge in [0.15, 0.2) is 0 Å². The van der Waals surface area contributed by atoms with Gasteiger partial charge in [-0.1, -0.05) is 59.6 Å². The molecule has 0 amide bonds. The summed E-state index contributed by atoms with van der Waals surface area (Å²) in [5, 5.41) is 1.25. The zero-order valence-electron chi connectivity index (χ0n) is 13.6. The number of hydrogen-bond donors (Lipinski definition) is 0. The van der Waals surface area contributed by atoms with E-state index >= 15 is 0 Å². The molecule has 0 fully saturated rings. The summed E-state index contributed by atoms with van der Waals surface area (Å²) < 4.78 is 6.22. The Morgan fingerprint density at radius 1 is 1.17 bits per heavy atom. The topological polar surface area (TPSA) is 24.8 Å². The van der Waals surface area contributed by atoms with Crippen LogP contribution in [-0.2, 0) is 4.74 Å². The largest absolute Gasteiger partial charge is 0.367 e. The van der Waals surface area contributed by atoms with E-state index in [1.54, 1.807) is 6.07 Å². The van der Waals surface area contributed by atoms with Crippen molar-refractivity contribution in [2.75, 3.05) is 26.2 Å². The van der Waals surface area contributed by atoms with Crippen LogP contribution in [0.1, 0.15) is 24.2 Å². The van der Waals surface area contributed by atoms with E-state index in [-0.39, 0.29) is 6.10 Å². The molecule has 1 aliphatic heterocycles. The summed E-state index contributed by atoms with van der Waals surface area (Å²) >= 11 is 12.4. The molecule has 3 rings (SSSR count). The summed E-state index contributed by atoms with van der Waals surface area (Å²) in [5.74, 6) is 1.08. The van der Waals surface area contributed by atoms with Crippen molar-refractivity contribution in [3.8, 4) is 0 Å². The van der Waals surface area contributed by atoms with E-state index in [9.17, 15) is 0 Å². The second-order valence-corrected chi connectivity index (χ2v) is 6.59. The lowest BCUT2D eigenvalue weighted by molar-refractivity contribution is 0.0721. The highest BCUT2D eigenvalue weighted by Crippen LogP contribution is 2.33. The number of aliphatic imine (C=N–C) groups is 1. The minimum absolute atomic E-state index is 0.212. The third-order valence-corrected chi connectivity index (χ3v) is 4.72. The minimum atomic E-state index is -0.212. The number of nitrogens with zero attached hydrogens (tertiary/aromatic N) is 2. The van der Waals surface area contributed by atoms with Crippen LogP contribution in [0.25, 0.3) is 0 Å². The first-order valence-electron chi connectivity index (χ1n) is 8.02. The van der Waals surface area contributed by atoms with Gasteiger partial charge in [-0.05, 0) is 24.6 Å². The Bertz CT molecular complexity index is 719. The highest BCUT2D eigenvalue weighted by Gasteiger charge is 2.19. The number of ether oxygens (including phenoxy) is 1. The lowest BCUT2D eigenvalue weighted by Crippen LogP contribution is -2.30. The summed E-state index contributed by atoms with van der Waals surface area (Å²) in [6, 6.07) is 15.7. The van der Waals surface area contributed by atoms with Gasteiger partial charge in [0.1, 0.15) is 6.10 Å². The van der Waals surface area contributed by atoms with Crippen LogP contribution in [0, 0.1) is 0 Å². The predicted octanol–water partition coefficient (Wildman–Crippen LogP) is 4.83. The fourth-order valence-corrected chi connectivity index (χ4v) is 3.36. The average Bonchev–Trinajstić information content (AvgIpc) is 2.98. The van der Waals surface area contributed by atoms with Crippen molar-refractivity contribution in [3.05, 3.63) is 69.7 Å². The zero-order valence-corrected chi connectivity index (χ0v) is 15.1. The third-order valence-electron chi connectivity index (χ3n) is 4.16. The summed E-state index contributed by atoms with van der Waals surface area (Å²) in [7, 11) is 0. The number of amidine groups is 1. The van der Waals surface area contributed by atoms with Gasteiger partial charge in [-0.2, -0.15) is 0 Å². The number of hydrogen-bond acceptors (Lipinski definition) is 3. The fourth-order valence-electron chi connectivity index (χ4n) is 2.86. The molecule has 0 saturated carbocycles. The fraction of sp³-hybridized carbons (Fsp3) is 0.316. The highest BCUT2D eigenvalue weighted by molar-refractivity contribution is 6.35. The molecule has 0 bridgehead atoms. The Kier molecular flexibility index (Phi) is 5.77. The van der Waals surface area contributed by atoms with Gasteiger partial charge in [0.25, 0.3) is 0 Å². The van der Waals surface area contributed by atoms with Crippen LogP contribution in [0.2, 0.25) is 10.0 Å². The molecule has 126 valence electrons. The van der Waals surface area contributed by atoms with Crippen LogP contribution < -0.4 is 0 Å². The molecule has 1 unspecified atom stereocenters. The molecular formula is C19H20Cl2N2O. The Morgan fingerprint density at radius 2 is 1.96 bits per heavy atom. The summed E-state index contributed by atoms with van der Waals surface area (Å²) in [6.45, 7) is 5.30. The normalized spacial score (nSPS) is 15.5. The predicted molar refractivity (Wildman–Crippen MR) is 100 cm³/mol. The number of rotatable bonds is 6. The standard InChI is InChI=1S/C19H20Cl2N2O/c1-14-22-9-10-23(14)11-12-24-19(15-5-3-2-4-6-15)17-8-7-16(20)13-18(17)21/h2-8,13,19H,9-12H2,1H3. The van der Waals surface area contributed by atoms with Crippen molar-refractivity contribution >= 4 is 29.0 Å². The molecule has 0 aromatic heterocycles. The second-order valence-electron chi connectivity index (χ2n) is 5.74. The molecule has 0 aliphatic carbocycles. The van der Waals surface area contributed by atoms with E-state index in [1.807, 2.05) is 37.3 Å². The molecule has 2 aromatic carbocycles. The molecule has 1 atom stereocenters. The lowest BCUT2D eigenvalue weighted by Gasteiger charge is -2.23. The Hall–Kier alpha value is -1.55. The SMILES string of the molecule is CC1=NCCN1CCOC(c1ccccc1)c1ccc(Cl)cc1Cl. The lowest BCUT2D eigenvalue weighted by atomic mass is 10.0. The van der Waals surface area contributed by atoms with Crippen LogP contribution in [0.4, 0.5) is 0 Å². The smallest absolute Gasteiger partial charge is 0.109 e. The maximum Gasteiger partial charge on any atom is 0.109 e. The van der Waals surface area contributed by atoms with E-state index in [0.717, 1.165) is 36.6 Å². The first kappa shape index (κ1) is 17.3. The van der Waals surface area contributed by atoms with Crippen LogP contribution in [0.3, 0.4) is 0 Å². The molecule has 3 nitrogen and oxygen atoms in total. The van der Waals surface area contributed by atoms with Crippen molar-refractivity contribution in [3.63, 3.8) is 0 Å². The monoisotopic (exact) mass is 362 g/mol. The van der Waals surface area contributed by atoms with E-state index in [1.165, 1.54) is 0 Å². The third kappa shape index (κ3) is 4.10. The van der Waals surface area contributed by atoms with Gasteiger partial charge in [0, 0.05) is 28.7 Å². The second kappa shape index (κ2) is 8.02. The van der Waals surface area contributed by atoms with E-state index < -0.39 is 0 Å². The minimum Gasteiger partial charge on any atom is -0.367 e. The molecule has 0 N–H and O–H groups in total. The number of halogens is 2. The summed E-state index contributed by atoms with van der Waals surface area (Å²) in [4.78, 5) is 6.65. The molecule has 2 aromatic rings. The molecule has 1 heterocycles. The Labute approximate surface area is 152 Å².